The van der Waals surface area contributed by atoms with Gasteiger partial charge in [0.1, 0.15) is 10.9 Å². The van der Waals surface area contributed by atoms with E-state index in [9.17, 15) is 0 Å². The molecule has 0 unspecified atom stereocenters. The van der Waals surface area contributed by atoms with E-state index < -0.39 is 0 Å². The molecule has 1 saturated heterocycles. The van der Waals surface area contributed by atoms with Crippen LogP contribution in [0.5, 0.6) is 0 Å². The zero-order valence-electron chi connectivity index (χ0n) is 8.79. The van der Waals surface area contributed by atoms with Gasteiger partial charge in [-0.2, -0.15) is 5.26 Å². The summed E-state index contributed by atoms with van der Waals surface area (Å²) >= 11 is 1.52. The molecule has 1 aromatic rings. The predicted octanol–water partition coefficient (Wildman–Crippen LogP) is 0.987. The van der Waals surface area contributed by atoms with E-state index in [0.717, 1.165) is 48.3 Å². The highest BCUT2D eigenvalue weighted by Gasteiger charge is 2.16. The van der Waals surface area contributed by atoms with Crippen LogP contribution in [0.25, 0.3) is 0 Å². The zero-order chi connectivity index (χ0) is 10.7. The summed E-state index contributed by atoms with van der Waals surface area (Å²) in [6.07, 6.45) is 0.839. The number of piperazine rings is 1. The van der Waals surface area contributed by atoms with E-state index in [0.29, 0.717) is 0 Å². The largest absolute Gasteiger partial charge is 0.346 e. The molecule has 1 aromatic heterocycles. The summed E-state index contributed by atoms with van der Waals surface area (Å²) in [6.45, 7) is 6.02. The molecule has 0 spiro atoms. The average molecular weight is 222 g/mol. The maximum atomic E-state index is 8.95. The van der Waals surface area contributed by atoms with Gasteiger partial charge >= 0.3 is 0 Å². The van der Waals surface area contributed by atoms with Crippen molar-refractivity contribution < 1.29 is 0 Å². The van der Waals surface area contributed by atoms with E-state index in [1.165, 1.54) is 11.3 Å². The number of anilines is 1. The van der Waals surface area contributed by atoms with Crippen LogP contribution in [0.3, 0.4) is 0 Å². The highest BCUT2D eigenvalue weighted by atomic mass is 32.1. The SMILES string of the molecule is CCc1nc(N2CCNCC2)sc1C#N. The Morgan fingerprint density at radius 2 is 2.27 bits per heavy atom. The maximum Gasteiger partial charge on any atom is 0.186 e. The van der Waals surface area contributed by atoms with E-state index in [4.69, 9.17) is 5.26 Å². The molecule has 2 heterocycles. The van der Waals surface area contributed by atoms with Crippen molar-refractivity contribution in [3.63, 3.8) is 0 Å². The Morgan fingerprint density at radius 1 is 1.53 bits per heavy atom. The molecule has 0 aliphatic carbocycles. The van der Waals surface area contributed by atoms with Crippen LogP contribution in [0, 0.1) is 11.3 Å². The summed E-state index contributed by atoms with van der Waals surface area (Å²) < 4.78 is 0. The lowest BCUT2D eigenvalue weighted by Crippen LogP contribution is -2.43. The van der Waals surface area contributed by atoms with Crippen LogP contribution in [0.4, 0.5) is 5.13 Å². The molecule has 0 aromatic carbocycles. The van der Waals surface area contributed by atoms with Crippen LogP contribution in [0.15, 0.2) is 0 Å². The van der Waals surface area contributed by atoms with Gasteiger partial charge in [0.2, 0.25) is 0 Å². The minimum absolute atomic E-state index is 0.769. The zero-order valence-corrected chi connectivity index (χ0v) is 9.60. The molecule has 1 N–H and O–H groups in total. The molecule has 4 nitrogen and oxygen atoms in total. The van der Waals surface area contributed by atoms with Crippen molar-refractivity contribution in [3.8, 4) is 6.07 Å². The van der Waals surface area contributed by atoms with Crippen molar-refractivity contribution in [2.75, 3.05) is 31.1 Å². The first-order chi connectivity index (χ1) is 7.35. The minimum atomic E-state index is 0.769. The van der Waals surface area contributed by atoms with Gasteiger partial charge < -0.3 is 10.2 Å². The third kappa shape index (κ3) is 2.11. The fourth-order valence-electron chi connectivity index (χ4n) is 1.66. The standard InChI is InChI=1S/C10H14N4S/c1-2-8-9(7-11)15-10(13-8)14-5-3-12-4-6-14/h12H,2-6H2,1H3. The Hall–Kier alpha value is -1.12. The summed E-state index contributed by atoms with van der Waals surface area (Å²) in [6, 6.07) is 2.22. The van der Waals surface area contributed by atoms with Crippen LogP contribution < -0.4 is 10.2 Å². The van der Waals surface area contributed by atoms with Gasteiger partial charge in [0.15, 0.2) is 5.13 Å². The Morgan fingerprint density at radius 3 is 2.80 bits per heavy atom. The monoisotopic (exact) mass is 222 g/mol. The Bertz CT molecular complexity index is 373. The molecule has 0 saturated carbocycles. The number of nitrogens with zero attached hydrogens (tertiary/aromatic N) is 3. The summed E-state index contributed by atoms with van der Waals surface area (Å²) in [5.41, 5.74) is 0.941. The molecule has 1 aliphatic rings. The average Bonchev–Trinajstić information content (AvgIpc) is 2.73. The number of nitriles is 1. The van der Waals surface area contributed by atoms with Gasteiger partial charge in [-0.1, -0.05) is 18.3 Å². The smallest absolute Gasteiger partial charge is 0.186 e. The number of hydrogen-bond acceptors (Lipinski definition) is 5. The molecule has 80 valence electrons. The van der Waals surface area contributed by atoms with Crippen molar-refractivity contribution in [1.82, 2.24) is 10.3 Å². The van der Waals surface area contributed by atoms with Crippen LogP contribution in [-0.4, -0.2) is 31.2 Å². The second kappa shape index (κ2) is 4.60. The number of aromatic nitrogens is 1. The Kier molecular flexibility index (Phi) is 3.19. The van der Waals surface area contributed by atoms with Crippen LogP contribution >= 0.6 is 11.3 Å². The topological polar surface area (TPSA) is 52.0 Å². The van der Waals surface area contributed by atoms with Gasteiger partial charge in [-0.15, -0.1) is 0 Å². The fourth-order valence-corrected chi connectivity index (χ4v) is 2.66. The number of hydrogen-bond donors (Lipinski definition) is 1. The van der Waals surface area contributed by atoms with Crippen molar-refractivity contribution in [1.29, 1.82) is 5.26 Å². The Labute approximate surface area is 93.5 Å². The quantitative estimate of drug-likeness (QED) is 0.810. The van der Waals surface area contributed by atoms with Crippen LogP contribution in [0.2, 0.25) is 0 Å². The molecule has 0 radical (unpaired) electrons. The highest BCUT2D eigenvalue weighted by Crippen LogP contribution is 2.26. The second-order valence-corrected chi connectivity index (χ2v) is 4.45. The van der Waals surface area contributed by atoms with Gasteiger partial charge in [-0.25, -0.2) is 4.98 Å². The maximum absolute atomic E-state index is 8.95. The van der Waals surface area contributed by atoms with Crippen molar-refractivity contribution in [2.45, 2.75) is 13.3 Å². The highest BCUT2D eigenvalue weighted by molar-refractivity contribution is 7.16. The minimum Gasteiger partial charge on any atom is -0.346 e. The lowest BCUT2D eigenvalue weighted by atomic mass is 10.3. The van der Waals surface area contributed by atoms with E-state index in [2.05, 4.69) is 21.3 Å². The second-order valence-electron chi connectivity index (χ2n) is 3.47. The summed E-state index contributed by atoms with van der Waals surface area (Å²) in [4.78, 5) is 7.54. The first kappa shape index (κ1) is 10.4. The van der Waals surface area contributed by atoms with Crippen molar-refractivity contribution >= 4 is 16.5 Å². The van der Waals surface area contributed by atoms with Gasteiger partial charge in [-0.3, -0.25) is 0 Å². The summed E-state index contributed by atoms with van der Waals surface area (Å²) in [5, 5.41) is 13.3. The molecule has 15 heavy (non-hydrogen) atoms. The summed E-state index contributed by atoms with van der Waals surface area (Å²) in [5.74, 6) is 0. The predicted molar refractivity (Wildman–Crippen MR) is 61.3 cm³/mol. The van der Waals surface area contributed by atoms with Gasteiger partial charge in [-0.05, 0) is 6.42 Å². The molecule has 5 heteroatoms. The van der Waals surface area contributed by atoms with Gasteiger partial charge in [0, 0.05) is 26.2 Å². The van der Waals surface area contributed by atoms with Crippen LogP contribution in [0.1, 0.15) is 17.5 Å². The fraction of sp³-hybridized carbons (Fsp3) is 0.600. The third-order valence-electron chi connectivity index (χ3n) is 2.51. The molecular weight excluding hydrogens is 208 g/mol. The van der Waals surface area contributed by atoms with Gasteiger partial charge in [0.05, 0.1) is 5.69 Å². The number of rotatable bonds is 2. The van der Waals surface area contributed by atoms with E-state index in [-0.39, 0.29) is 0 Å². The number of aryl methyl sites for hydroxylation is 1. The molecule has 0 amide bonds. The molecule has 0 bridgehead atoms. The number of thiazole rings is 1. The molecule has 0 atom stereocenters. The molecule has 1 aliphatic heterocycles. The Balaban J connectivity index is 2.21. The van der Waals surface area contributed by atoms with Crippen molar-refractivity contribution in [3.05, 3.63) is 10.6 Å². The van der Waals surface area contributed by atoms with E-state index >= 15 is 0 Å². The van der Waals surface area contributed by atoms with Gasteiger partial charge in [0.25, 0.3) is 0 Å². The normalized spacial score (nSPS) is 16.4. The first-order valence-electron chi connectivity index (χ1n) is 5.20. The van der Waals surface area contributed by atoms with E-state index in [1.54, 1.807) is 0 Å². The van der Waals surface area contributed by atoms with E-state index in [1.807, 2.05) is 6.92 Å². The first-order valence-corrected chi connectivity index (χ1v) is 6.02. The molecular formula is C10H14N4S. The lowest BCUT2D eigenvalue weighted by Gasteiger charge is -2.26. The third-order valence-corrected chi connectivity index (χ3v) is 3.57. The lowest BCUT2D eigenvalue weighted by molar-refractivity contribution is 0.588. The number of nitrogens with one attached hydrogen (secondary N) is 1. The molecule has 2 rings (SSSR count). The van der Waals surface area contributed by atoms with Crippen LogP contribution in [-0.2, 0) is 6.42 Å². The van der Waals surface area contributed by atoms with Crippen molar-refractivity contribution in [2.24, 2.45) is 0 Å². The summed E-state index contributed by atoms with van der Waals surface area (Å²) in [7, 11) is 0. The molecule has 1 fully saturated rings.